The predicted octanol–water partition coefficient (Wildman–Crippen LogP) is 2.49. The molecule has 172 valence electrons. The second-order valence-corrected chi connectivity index (χ2v) is 8.25. The SMILES string of the molecule is CC(=O)O[C@@H](C(=O)NCCc1cccs1)[C@@H](OC(C)=O)C(=O)N(C)[C@H](C)c1ccccc1. The first-order valence-electron chi connectivity index (χ1n) is 10.2. The van der Waals surface area contributed by atoms with E-state index in [0.29, 0.717) is 6.42 Å². The lowest BCUT2D eigenvalue weighted by Crippen LogP contribution is -2.54. The molecule has 1 aromatic heterocycles. The molecule has 8 nitrogen and oxygen atoms in total. The molecule has 0 bridgehead atoms. The van der Waals surface area contributed by atoms with E-state index < -0.39 is 36.0 Å². The number of thiophene rings is 1. The van der Waals surface area contributed by atoms with Crippen LogP contribution in [0.25, 0.3) is 0 Å². The van der Waals surface area contributed by atoms with Crippen molar-refractivity contribution in [2.24, 2.45) is 0 Å². The Labute approximate surface area is 191 Å². The highest BCUT2D eigenvalue weighted by atomic mass is 32.1. The minimum atomic E-state index is -1.62. The molecule has 0 unspecified atom stereocenters. The Morgan fingerprint density at radius 3 is 2.16 bits per heavy atom. The summed E-state index contributed by atoms with van der Waals surface area (Å²) in [5.41, 5.74) is 0.856. The molecule has 3 atom stereocenters. The van der Waals surface area contributed by atoms with Crippen molar-refractivity contribution in [3.63, 3.8) is 0 Å². The van der Waals surface area contributed by atoms with Crippen LogP contribution in [0.2, 0.25) is 0 Å². The first-order valence-corrected chi connectivity index (χ1v) is 11.0. The fraction of sp³-hybridized carbons (Fsp3) is 0.391. The number of nitrogens with one attached hydrogen (secondary N) is 1. The summed E-state index contributed by atoms with van der Waals surface area (Å²) >= 11 is 1.55. The van der Waals surface area contributed by atoms with E-state index in [1.54, 1.807) is 18.3 Å². The molecule has 0 aliphatic rings. The van der Waals surface area contributed by atoms with Gasteiger partial charge in [0.25, 0.3) is 11.8 Å². The van der Waals surface area contributed by atoms with E-state index in [0.717, 1.165) is 24.3 Å². The summed E-state index contributed by atoms with van der Waals surface area (Å²) in [5, 5.41) is 4.59. The van der Waals surface area contributed by atoms with Gasteiger partial charge in [-0.25, -0.2) is 0 Å². The van der Waals surface area contributed by atoms with Crippen LogP contribution >= 0.6 is 11.3 Å². The van der Waals surface area contributed by atoms with Gasteiger partial charge >= 0.3 is 11.9 Å². The highest BCUT2D eigenvalue weighted by Crippen LogP contribution is 2.21. The Bertz CT molecular complexity index is 916. The summed E-state index contributed by atoms with van der Waals surface area (Å²) in [4.78, 5) is 52.0. The van der Waals surface area contributed by atoms with Crippen LogP contribution in [0.15, 0.2) is 47.8 Å². The smallest absolute Gasteiger partial charge is 0.303 e. The zero-order chi connectivity index (χ0) is 23.7. The number of carbonyl (C=O) groups excluding carboxylic acids is 4. The number of nitrogens with zero attached hydrogens (tertiary/aromatic N) is 1. The third-order valence-corrected chi connectivity index (χ3v) is 5.76. The molecule has 2 rings (SSSR count). The molecular formula is C23H28N2O6S. The summed E-state index contributed by atoms with van der Waals surface area (Å²) in [6.07, 6.45) is -2.65. The van der Waals surface area contributed by atoms with Crippen molar-refractivity contribution in [1.29, 1.82) is 0 Å². The number of carbonyl (C=O) groups is 4. The molecule has 2 amide bonds. The largest absolute Gasteiger partial charge is 0.448 e. The average molecular weight is 461 g/mol. The van der Waals surface area contributed by atoms with Crippen molar-refractivity contribution in [1.82, 2.24) is 10.2 Å². The van der Waals surface area contributed by atoms with Crippen LogP contribution in [0, 0.1) is 0 Å². The number of hydrogen-bond donors (Lipinski definition) is 1. The lowest BCUT2D eigenvalue weighted by Gasteiger charge is -2.31. The molecule has 0 saturated carbocycles. The fourth-order valence-electron chi connectivity index (χ4n) is 3.06. The van der Waals surface area contributed by atoms with Gasteiger partial charge < -0.3 is 19.7 Å². The van der Waals surface area contributed by atoms with E-state index in [9.17, 15) is 19.2 Å². The average Bonchev–Trinajstić information content (AvgIpc) is 3.28. The zero-order valence-electron chi connectivity index (χ0n) is 18.6. The predicted molar refractivity (Wildman–Crippen MR) is 120 cm³/mol. The molecule has 32 heavy (non-hydrogen) atoms. The maximum absolute atomic E-state index is 13.3. The number of likely N-dealkylation sites (N-methyl/N-ethyl adjacent to an activating group) is 1. The first-order chi connectivity index (χ1) is 15.2. The molecule has 1 aromatic carbocycles. The minimum Gasteiger partial charge on any atom is -0.448 e. The fourth-order valence-corrected chi connectivity index (χ4v) is 3.77. The number of amides is 2. The second kappa shape index (κ2) is 12.0. The minimum absolute atomic E-state index is 0.272. The number of benzene rings is 1. The molecule has 0 saturated heterocycles. The number of hydrogen-bond acceptors (Lipinski definition) is 7. The summed E-state index contributed by atoms with van der Waals surface area (Å²) in [7, 11) is 1.54. The maximum atomic E-state index is 13.3. The number of rotatable bonds is 10. The van der Waals surface area contributed by atoms with Gasteiger partial charge in [0.2, 0.25) is 12.2 Å². The molecule has 2 aromatic rings. The van der Waals surface area contributed by atoms with E-state index in [-0.39, 0.29) is 12.6 Å². The molecule has 0 fully saturated rings. The molecule has 1 heterocycles. The highest BCUT2D eigenvalue weighted by Gasteiger charge is 2.41. The Hall–Kier alpha value is -3.20. The van der Waals surface area contributed by atoms with Crippen molar-refractivity contribution >= 4 is 35.1 Å². The highest BCUT2D eigenvalue weighted by molar-refractivity contribution is 7.09. The van der Waals surface area contributed by atoms with Gasteiger partial charge in [-0.3, -0.25) is 19.2 Å². The summed E-state index contributed by atoms with van der Waals surface area (Å²) in [5.74, 6) is -2.91. The van der Waals surface area contributed by atoms with Gasteiger partial charge in [-0.15, -0.1) is 11.3 Å². The maximum Gasteiger partial charge on any atom is 0.303 e. The van der Waals surface area contributed by atoms with Gasteiger partial charge in [-0.1, -0.05) is 36.4 Å². The van der Waals surface area contributed by atoms with E-state index in [1.807, 2.05) is 47.8 Å². The number of ether oxygens (including phenoxy) is 2. The molecule has 9 heteroatoms. The normalized spacial score (nSPS) is 13.4. The van der Waals surface area contributed by atoms with Gasteiger partial charge in [-0.05, 0) is 30.4 Å². The van der Waals surface area contributed by atoms with Gasteiger partial charge in [0, 0.05) is 32.3 Å². The second-order valence-electron chi connectivity index (χ2n) is 7.22. The standard InChI is InChI=1S/C23H28N2O6S/c1-15(18-9-6-5-7-10-18)25(4)23(29)21(31-17(3)27)20(30-16(2)26)22(28)24-13-12-19-11-8-14-32-19/h5-11,14-15,20-21H,12-13H2,1-4H3,(H,24,28)/t15-,20-,21-/m1/s1. The van der Waals surface area contributed by atoms with Gasteiger partial charge in [-0.2, -0.15) is 0 Å². The molecule has 0 aliphatic heterocycles. The van der Waals surface area contributed by atoms with E-state index in [4.69, 9.17) is 9.47 Å². The Balaban J connectivity index is 2.20. The topological polar surface area (TPSA) is 102 Å². The Morgan fingerprint density at radius 1 is 0.969 bits per heavy atom. The number of esters is 2. The first kappa shape index (κ1) is 25.1. The van der Waals surface area contributed by atoms with Gasteiger partial charge in [0.1, 0.15) is 0 Å². The quantitative estimate of drug-likeness (QED) is 0.547. The molecule has 0 aliphatic carbocycles. The Kier molecular flexibility index (Phi) is 9.39. The molecule has 1 N–H and O–H groups in total. The molecule has 0 radical (unpaired) electrons. The summed E-state index contributed by atoms with van der Waals surface area (Å²) in [6.45, 7) is 4.33. The van der Waals surface area contributed by atoms with Crippen LogP contribution in [-0.4, -0.2) is 54.5 Å². The lowest BCUT2D eigenvalue weighted by atomic mass is 10.1. The van der Waals surface area contributed by atoms with Crippen molar-refractivity contribution < 1.29 is 28.7 Å². The van der Waals surface area contributed by atoms with E-state index in [2.05, 4.69) is 5.32 Å². The van der Waals surface area contributed by atoms with Crippen LogP contribution in [0.3, 0.4) is 0 Å². The van der Waals surface area contributed by atoms with Crippen LogP contribution in [-0.2, 0) is 35.1 Å². The summed E-state index contributed by atoms with van der Waals surface area (Å²) in [6, 6.07) is 12.7. The third kappa shape index (κ3) is 7.19. The van der Waals surface area contributed by atoms with Crippen LogP contribution in [0.5, 0.6) is 0 Å². The van der Waals surface area contributed by atoms with E-state index >= 15 is 0 Å². The van der Waals surface area contributed by atoms with Crippen molar-refractivity contribution in [2.45, 2.75) is 45.4 Å². The van der Waals surface area contributed by atoms with Crippen molar-refractivity contribution in [2.75, 3.05) is 13.6 Å². The van der Waals surface area contributed by atoms with Crippen molar-refractivity contribution in [3.8, 4) is 0 Å². The monoisotopic (exact) mass is 460 g/mol. The molecular weight excluding hydrogens is 432 g/mol. The molecule has 0 spiro atoms. The van der Waals surface area contributed by atoms with Crippen LogP contribution in [0.1, 0.15) is 37.3 Å². The summed E-state index contributed by atoms with van der Waals surface area (Å²) < 4.78 is 10.3. The van der Waals surface area contributed by atoms with Crippen molar-refractivity contribution in [3.05, 3.63) is 58.3 Å². The third-order valence-electron chi connectivity index (χ3n) is 4.82. The Morgan fingerprint density at radius 2 is 1.59 bits per heavy atom. The van der Waals surface area contributed by atoms with Crippen LogP contribution < -0.4 is 5.32 Å². The van der Waals surface area contributed by atoms with Gasteiger partial charge in [0.15, 0.2) is 0 Å². The van der Waals surface area contributed by atoms with Gasteiger partial charge in [0.05, 0.1) is 6.04 Å². The van der Waals surface area contributed by atoms with Crippen LogP contribution in [0.4, 0.5) is 0 Å². The zero-order valence-corrected chi connectivity index (χ0v) is 19.4. The van der Waals surface area contributed by atoms with E-state index in [1.165, 1.54) is 11.9 Å². The lowest BCUT2D eigenvalue weighted by molar-refractivity contribution is -0.178.